The monoisotopic (exact) mass is 181 g/mol. The van der Waals surface area contributed by atoms with Crippen molar-refractivity contribution in [2.24, 2.45) is 5.14 Å². The Morgan fingerprint density at radius 3 is 2.42 bits per heavy atom. The third kappa shape index (κ3) is 1.87. The fourth-order valence-corrected chi connectivity index (χ4v) is 1.76. The first-order valence-electron chi connectivity index (χ1n) is 3.30. The number of aryl methyl sites for hydroxylation is 1. The van der Waals surface area contributed by atoms with E-state index in [0.29, 0.717) is 11.0 Å². The summed E-state index contributed by atoms with van der Waals surface area (Å²) in [6.07, 6.45) is 0. The minimum atomic E-state index is -3.61. The number of hydrogen-bond acceptors (Lipinski definition) is 2. The van der Waals surface area contributed by atoms with Gasteiger partial charge in [-0.05, 0) is 18.6 Å². The summed E-state index contributed by atoms with van der Waals surface area (Å²) in [5, 5.41) is 4.94. The van der Waals surface area contributed by atoms with Crippen LogP contribution in [0.4, 0.5) is 0 Å². The van der Waals surface area contributed by atoms with E-state index in [1.165, 1.54) is 12.1 Å². The molecule has 0 atom stereocenters. The lowest BCUT2D eigenvalue weighted by Crippen LogP contribution is -2.15. The van der Waals surface area contributed by atoms with Gasteiger partial charge in [-0.2, -0.15) is 0 Å². The predicted octanol–water partition coefficient (Wildman–Crippen LogP) is -0.564. The van der Waals surface area contributed by atoms with Gasteiger partial charge in [0.25, 0.3) is 0 Å². The van der Waals surface area contributed by atoms with Gasteiger partial charge >= 0.3 is 0 Å². The van der Waals surface area contributed by atoms with Crippen molar-refractivity contribution in [3.05, 3.63) is 23.8 Å². The summed E-state index contributed by atoms with van der Waals surface area (Å²) in [5.74, 6) is 0. The van der Waals surface area contributed by atoms with Gasteiger partial charge in [-0.15, -0.1) is 0 Å². The normalized spacial score (nSPS) is 11.5. The second kappa shape index (κ2) is 2.92. The van der Waals surface area contributed by atoms with Crippen molar-refractivity contribution >= 4 is 23.3 Å². The van der Waals surface area contributed by atoms with Crippen molar-refractivity contribution in [3.8, 4) is 0 Å². The molecule has 0 saturated carbocycles. The lowest BCUT2D eigenvalue weighted by molar-refractivity contribution is 0.597. The van der Waals surface area contributed by atoms with Crippen LogP contribution in [-0.2, 0) is 10.0 Å². The molecule has 0 amide bonds. The molecule has 0 aromatic heterocycles. The van der Waals surface area contributed by atoms with E-state index >= 15 is 0 Å². The quantitative estimate of drug-likeness (QED) is 0.590. The summed E-state index contributed by atoms with van der Waals surface area (Å²) in [5.41, 5.74) is 1.09. The number of hydrogen-bond donors (Lipinski definition) is 1. The van der Waals surface area contributed by atoms with Crippen LogP contribution < -0.4 is 10.6 Å². The smallest absolute Gasteiger partial charge is 0.225 e. The van der Waals surface area contributed by atoms with Gasteiger partial charge < -0.3 is 0 Å². The number of rotatable bonds is 1. The molecule has 2 N–H and O–H groups in total. The number of benzene rings is 1. The molecule has 0 unspecified atom stereocenters. The first kappa shape index (κ1) is 9.28. The van der Waals surface area contributed by atoms with Crippen molar-refractivity contribution < 1.29 is 8.42 Å². The molecule has 1 aromatic rings. The Labute approximate surface area is 73.0 Å². The van der Waals surface area contributed by atoms with Gasteiger partial charge in [-0.25, -0.2) is 13.6 Å². The van der Waals surface area contributed by atoms with Crippen molar-refractivity contribution in [1.82, 2.24) is 0 Å². The van der Waals surface area contributed by atoms with Gasteiger partial charge in [-0.3, -0.25) is 0 Å². The van der Waals surface area contributed by atoms with Gasteiger partial charge in [-0.1, -0.05) is 17.6 Å². The average Bonchev–Trinajstić information content (AvgIpc) is 1.83. The van der Waals surface area contributed by atoms with Crippen LogP contribution in [0.3, 0.4) is 0 Å². The van der Waals surface area contributed by atoms with Crippen molar-refractivity contribution in [2.75, 3.05) is 0 Å². The molecule has 0 heterocycles. The molecule has 5 heteroatoms. The molecule has 62 valence electrons. The van der Waals surface area contributed by atoms with E-state index in [9.17, 15) is 8.42 Å². The largest absolute Gasteiger partial charge is 0.238 e. The lowest BCUT2D eigenvalue weighted by Gasteiger charge is -2.03. The van der Waals surface area contributed by atoms with Crippen LogP contribution in [0.2, 0.25) is 0 Å². The Balaban J connectivity index is 3.39. The van der Waals surface area contributed by atoms with Crippen LogP contribution in [-0.4, -0.2) is 16.3 Å². The molecular weight excluding hydrogens is 173 g/mol. The maximum absolute atomic E-state index is 10.9. The van der Waals surface area contributed by atoms with E-state index in [1.54, 1.807) is 13.0 Å². The Bertz CT molecular complexity index is 400. The molecule has 0 spiro atoms. The van der Waals surface area contributed by atoms with Crippen LogP contribution >= 0.6 is 0 Å². The van der Waals surface area contributed by atoms with E-state index < -0.39 is 10.0 Å². The Morgan fingerprint density at radius 2 is 2.00 bits per heavy atom. The zero-order chi connectivity index (χ0) is 9.35. The van der Waals surface area contributed by atoms with Crippen LogP contribution in [0.15, 0.2) is 23.1 Å². The highest BCUT2D eigenvalue weighted by molar-refractivity contribution is 7.89. The lowest BCUT2D eigenvalue weighted by atomic mass is 9.95. The van der Waals surface area contributed by atoms with Crippen molar-refractivity contribution in [1.29, 1.82) is 0 Å². The molecule has 3 nitrogen and oxygen atoms in total. The molecule has 0 aliphatic carbocycles. The van der Waals surface area contributed by atoms with Gasteiger partial charge in [0.2, 0.25) is 10.0 Å². The standard InChI is InChI=1S/C7H8BNO2S/c1-5-4-6(8)2-3-7(5)12(9,10)11/h2-4H,1H3,(H2,9,10,11). The summed E-state index contributed by atoms with van der Waals surface area (Å²) >= 11 is 0. The zero-order valence-corrected chi connectivity index (χ0v) is 7.43. The SMILES string of the molecule is [B]c1ccc(S(N)(=O)=O)c(C)c1. The van der Waals surface area contributed by atoms with E-state index in [1.807, 2.05) is 0 Å². The fraction of sp³-hybridized carbons (Fsp3) is 0.143. The van der Waals surface area contributed by atoms with Gasteiger partial charge in [0.15, 0.2) is 0 Å². The molecule has 0 saturated heterocycles. The topological polar surface area (TPSA) is 60.2 Å². The summed E-state index contributed by atoms with van der Waals surface area (Å²) in [6, 6.07) is 4.48. The first-order chi connectivity index (χ1) is 5.41. The Kier molecular flexibility index (Phi) is 2.26. The first-order valence-corrected chi connectivity index (χ1v) is 4.85. The van der Waals surface area contributed by atoms with Crippen LogP contribution in [0.1, 0.15) is 5.56 Å². The summed E-state index contributed by atoms with van der Waals surface area (Å²) in [6.45, 7) is 1.65. The highest BCUT2D eigenvalue weighted by atomic mass is 32.2. The average molecular weight is 181 g/mol. The molecule has 12 heavy (non-hydrogen) atoms. The molecule has 1 rings (SSSR count). The minimum Gasteiger partial charge on any atom is -0.225 e. The second-order valence-corrected chi connectivity index (χ2v) is 4.10. The number of primary sulfonamides is 1. The Hall–Kier alpha value is -0.805. The van der Waals surface area contributed by atoms with Gasteiger partial charge in [0.1, 0.15) is 7.85 Å². The van der Waals surface area contributed by atoms with E-state index in [2.05, 4.69) is 0 Å². The van der Waals surface area contributed by atoms with Gasteiger partial charge in [0.05, 0.1) is 4.90 Å². The van der Waals surface area contributed by atoms with Crippen molar-refractivity contribution in [3.63, 3.8) is 0 Å². The van der Waals surface area contributed by atoms with Crippen molar-refractivity contribution in [2.45, 2.75) is 11.8 Å². The minimum absolute atomic E-state index is 0.122. The second-order valence-electron chi connectivity index (χ2n) is 2.57. The van der Waals surface area contributed by atoms with Gasteiger partial charge in [0, 0.05) is 0 Å². The maximum Gasteiger partial charge on any atom is 0.238 e. The fourth-order valence-electron chi connectivity index (χ4n) is 0.992. The maximum atomic E-state index is 10.9. The molecule has 0 bridgehead atoms. The number of nitrogens with two attached hydrogens (primary N) is 1. The number of sulfonamides is 1. The van der Waals surface area contributed by atoms with Crippen LogP contribution in [0.5, 0.6) is 0 Å². The summed E-state index contributed by atoms with van der Waals surface area (Å²) < 4.78 is 21.8. The van der Waals surface area contributed by atoms with E-state index in [4.69, 9.17) is 13.0 Å². The van der Waals surface area contributed by atoms with Crippen LogP contribution in [0, 0.1) is 6.92 Å². The predicted molar refractivity (Wildman–Crippen MR) is 47.9 cm³/mol. The molecule has 0 fully saturated rings. The third-order valence-corrected chi connectivity index (χ3v) is 2.58. The summed E-state index contributed by atoms with van der Waals surface area (Å²) in [7, 11) is 1.83. The highest BCUT2D eigenvalue weighted by Crippen LogP contribution is 2.09. The third-order valence-electron chi connectivity index (χ3n) is 1.51. The van der Waals surface area contributed by atoms with Crippen LogP contribution in [0.25, 0.3) is 0 Å². The molecule has 1 aromatic carbocycles. The highest BCUT2D eigenvalue weighted by Gasteiger charge is 2.09. The Morgan fingerprint density at radius 1 is 1.42 bits per heavy atom. The molecule has 2 radical (unpaired) electrons. The summed E-state index contributed by atoms with van der Waals surface area (Å²) in [4.78, 5) is 0.122. The van der Waals surface area contributed by atoms with E-state index in [0.717, 1.165) is 0 Å². The van der Waals surface area contributed by atoms with E-state index in [-0.39, 0.29) is 4.90 Å². The molecular formula is C7H8BNO2S. The molecule has 0 aliphatic rings. The zero-order valence-electron chi connectivity index (χ0n) is 6.61. The molecule has 0 aliphatic heterocycles.